The molecule has 3 heteroatoms. The van der Waals surface area contributed by atoms with E-state index in [1.807, 2.05) is 34.6 Å². The molecule has 0 bridgehead atoms. The summed E-state index contributed by atoms with van der Waals surface area (Å²) in [7, 11) is 0. The van der Waals surface area contributed by atoms with Gasteiger partial charge in [-0.15, -0.1) is 11.8 Å². The summed E-state index contributed by atoms with van der Waals surface area (Å²) in [6, 6.07) is 0. The highest BCUT2D eigenvalue weighted by Crippen LogP contribution is 2.18. The molecule has 0 radical (unpaired) electrons. The van der Waals surface area contributed by atoms with Gasteiger partial charge < -0.3 is 4.52 Å². The molecule has 1 heterocycles. The SMILES string of the molecule is CC.CC.CCSc1nocc1C. The molecule has 0 aliphatic rings. The Morgan fingerprint density at radius 1 is 1.31 bits per heavy atom. The molecule has 0 aromatic carbocycles. The highest BCUT2D eigenvalue weighted by Gasteiger charge is 1.99. The van der Waals surface area contributed by atoms with E-state index in [2.05, 4.69) is 12.1 Å². The number of aryl methyl sites for hydroxylation is 1. The summed E-state index contributed by atoms with van der Waals surface area (Å²) >= 11 is 1.70. The van der Waals surface area contributed by atoms with E-state index < -0.39 is 0 Å². The molecule has 1 aromatic heterocycles. The average molecular weight is 203 g/mol. The fourth-order valence-corrected chi connectivity index (χ4v) is 1.20. The van der Waals surface area contributed by atoms with Gasteiger partial charge in [-0.25, -0.2) is 0 Å². The van der Waals surface area contributed by atoms with Gasteiger partial charge in [0.25, 0.3) is 0 Å². The Labute approximate surface area is 86.1 Å². The number of hydrogen-bond donors (Lipinski definition) is 0. The van der Waals surface area contributed by atoms with Gasteiger partial charge in [0.05, 0.1) is 0 Å². The zero-order valence-corrected chi connectivity index (χ0v) is 10.4. The second kappa shape index (κ2) is 11.6. The predicted octanol–water partition coefficient (Wildman–Crippen LogP) is 4.15. The molecule has 0 aliphatic heterocycles. The number of thioether (sulfide) groups is 1. The third kappa shape index (κ3) is 6.70. The zero-order valence-electron chi connectivity index (χ0n) is 9.55. The van der Waals surface area contributed by atoms with Crippen LogP contribution >= 0.6 is 11.8 Å². The van der Waals surface area contributed by atoms with Crippen LogP contribution in [0.4, 0.5) is 0 Å². The molecular weight excluding hydrogens is 182 g/mol. The first kappa shape index (κ1) is 15.1. The van der Waals surface area contributed by atoms with Crippen molar-refractivity contribution in [2.24, 2.45) is 0 Å². The van der Waals surface area contributed by atoms with Crippen LogP contribution in [0.5, 0.6) is 0 Å². The van der Waals surface area contributed by atoms with Crippen molar-refractivity contribution in [3.8, 4) is 0 Å². The Hall–Kier alpha value is -0.440. The van der Waals surface area contributed by atoms with E-state index in [9.17, 15) is 0 Å². The van der Waals surface area contributed by atoms with Crippen molar-refractivity contribution in [2.45, 2.75) is 46.6 Å². The standard InChI is InChI=1S/C6H9NOS.2C2H6/c1-3-9-6-5(2)4-8-7-6;2*1-2/h4H,3H2,1-2H3;2*1-2H3. The lowest BCUT2D eigenvalue weighted by Gasteiger charge is -1.88. The van der Waals surface area contributed by atoms with Gasteiger partial charge in [0.2, 0.25) is 0 Å². The summed E-state index contributed by atoms with van der Waals surface area (Å²) in [5.74, 6) is 1.05. The zero-order chi connectivity index (χ0) is 10.7. The minimum Gasteiger partial charge on any atom is -0.363 e. The summed E-state index contributed by atoms with van der Waals surface area (Å²) in [4.78, 5) is 0. The molecule has 1 aromatic rings. The van der Waals surface area contributed by atoms with Crippen molar-refractivity contribution >= 4 is 11.8 Å². The second-order valence-electron chi connectivity index (χ2n) is 1.74. The molecule has 0 amide bonds. The molecule has 0 aliphatic carbocycles. The van der Waals surface area contributed by atoms with Crippen LogP contribution in [0.1, 0.15) is 40.2 Å². The Kier molecular flexibility index (Phi) is 13.4. The fraction of sp³-hybridized carbons (Fsp3) is 0.700. The first-order valence-corrected chi connectivity index (χ1v) is 5.87. The van der Waals surface area contributed by atoms with E-state index in [4.69, 9.17) is 4.52 Å². The summed E-state index contributed by atoms with van der Waals surface area (Å²) in [6.45, 7) is 12.1. The fourth-order valence-electron chi connectivity index (χ4n) is 0.553. The number of hydrogen-bond acceptors (Lipinski definition) is 3. The number of nitrogens with zero attached hydrogens (tertiary/aromatic N) is 1. The minimum absolute atomic E-state index is 1.01. The highest BCUT2D eigenvalue weighted by atomic mass is 32.2. The summed E-state index contributed by atoms with van der Waals surface area (Å²) in [5.41, 5.74) is 1.13. The van der Waals surface area contributed by atoms with Crippen LogP contribution in [0.25, 0.3) is 0 Å². The maximum atomic E-state index is 4.73. The molecule has 0 saturated carbocycles. The molecule has 78 valence electrons. The second-order valence-corrected chi connectivity index (χ2v) is 2.99. The van der Waals surface area contributed by atoms with Crippen molar-refractivity contribution < 1.29 is 4.52 Å². The van der Waals surface area contributed by atoms with Crippen molar-refractivity contribution in [3.05, 3.63) is 11.8 Å². The topological polar surface area (TPSA) is 26.0 Å². The Morgan fingerprint density at radius 3 is 2.15 bits per heavy atom. The van der Waals surface area contributed by atoms with Gasteiger partial charge >= 0.3 is 0 Å². The van der Waals surface area contributed by atoms with E-state index in [1.54, 1.807) is 18.0 Å². The molecule has 0 spiro atoms. The van der Waals surface area contributed by atoms with Gasteiger partial charge in [0.1, 0.15) is 11.3 Å². The number of aromatic nitrogens is 1. The van der Waals surface area contributed by atoms with E-state index in [0.29, 0.717) is 0 Å². The maximum absolute atomic E-state index is 4.73. The van der Waals surface area contributed by atoms with Gasteiger partial charge in [-0.1, -0.05) is 39.8 Å². The van der Waals surface area contributed by atoms with Gasteiger partial charge in [-0.05, 0) is 12.7 Å². The molecule has 0 N–H and O–H groups in total. The van der Waals surface area contributed by atoms with Crippen molar-refractivity contribution in [3.63, 3.8) is 0 Å². The van der Waals surface area contributed by atoms with Crippen LogP contribution < -0.4 is 0 Å². The summed E-state index contributed by atoms with van der Waals surface area (Å²) in [6.07, 6.45) is 1.66. The lowest BCUT2D eigenvalue weighted by molar-refractivity contribution is 0.404. The van der Waals surface area contributed by atoms with Crippen molar-refractivity contribution in [1.82, 2.24) is 5.16 Å². The minimum atomic E-state index is 1.01. The summed E-state index contributed by atoms with van der Waals surface area (Å²) < 4.78 is 4.73. The Bertz CT molecular complexity index is 187. The smallest absolute Gasteiger partial charge is 0.142 e. The largest absolute Gasteiger partial charge is 0.363 e. The predicted molar refractivity (Wildman–Crippen MR) is 60.3 cm³/mol. The van der Waals surface area contributed by atoms with Gasteiger partial charge in [0, 0.05) is 5.56 Å². The number of rotatable bonds is 2. The first-order chi connectivity index (χ1) is 6.34. The van der Waals surface area contributed by atoms with Gasteiger partial charge in [-0.2, -0.15) is 0 Å². The van der Waals surface area contributed by atoms with Crippen molar-refractivity contribution in [2.75, 3.05) is 5.75 Å². The van der Waals surface area contributed by atoms with Crippen LogP contribution in [0.3, 0.4) is 0 Å². The lowest BCUT2D eigenvalue weighted by atomic mass is 10.4. The van der Waals surface area contributed by atoms with Crippen LogP contribution in [0.15, 0.2) is 15.8 Å². The molecule has 0 unspecified atom stereocenters. The Morgan fingerprint density at radius 2 is 1.85 bits per heavy atom. The van der Waals surface area contributed by atoms with Crippen LogP contribution in [-0.2, 0) is 0 Å². The Balaban J connectivity index is 0. The quantitative estimate of drug-likeness (QED) is 0.675. The summed E-state index contributed by atoms with van der Waals surface area (Å²) in [5, 5.41) is 4.81. The molecule has 1 rings (SSSR count). The maximum Gasteiger partial charge on any atom is 0.142 e. The monoisotopic (exact) mass is 203 g/mol. The third-order valence-electron chi connectivity index (χ3n) is 0.983. The molecule has 0 saturated heterocycles. The van der Waals surface area contributed by atoms with Gasteiger partial charge in [0.15, 0.2) is 0 Å². The van der Waals surface area contributed by atoms with Crippen LogP contribution in [0, 0.1) is 6.92 Å². The van der Waals surface area contributed by atoms with E-state index >= 15 is 0 Å². The van der Waals surface area contributed by atoms with Crippen molar-refractivity contribution in [1.29, 1.82) is 0 Å². The van der Waals surface area contributed by atoms with E-state index in [1.165, 1.54) is 0 Å². The van der Waals surface area contributed by atoms with E-state index in [-0.39, 0.29) is 0 Å². The molecule has 13 heavy (non-hydrogen) atoms. The molecular formula is C10H21NOS. The van der Waals surface area contributed by atoms with Gasteiger partial charge in [-0.3, -0.25) is 0 Å². The van der Waals surface area contributed by atoms with Crippen LogP contribution in [0.2, 0.25) is 0 Å². The lowest BCUT2D eigenvalue weighted by Crippen LogP contribution is -1.73. The average Bonchev–Trinajstić information content (AvgIpc) is 2.60. The molecule has 0 fully saturated rings. The highest BCUT2D eigenvalue weighted by molar-refractivity contribution is 7.99. The normalized spacial score (nSPS) is 7.85. The first-order valence-electron chi connectivity index (χ1n) is 4.88. The molecule has 0 atom stereocenters. The van der Waals surface area contributed by atoms with E-state index in [0.717, 1.165) is 16.3 Å². The third-order valence-corrected chi connectivity index (χ3v) is 1.94. The molecule has 2 nitrogen and oxygen atoms in total. The van der Waals surface area contributed by atoms with Crippen LogP contribution in [-0.4, -0.2) is 10.9 Å².